The SMILES string of the molecule is CC(CCCn1ccc2cc(-c3ccc(OC(F)F)cn3)c(F)c(F)c2c1=O)Nc1cn[nH]c(=O)c1C(F)(F)F. The minimum atomic E-state index is -4.90. The van der Waals surface area contributed by atoms with Crippen LogP contribution in [0.25, 0.3) is 22.0 Å². The Hall–Kier alpha value is -4.43. The van der Waals surface area contributed by atoms with E-state index in [1.54, 1.807) is 12.0 Å². The fraction of sp³-hybridized carbons (Fsp3) is 0.280. The van der Waals surface area contributed by atoms with Crippen molar-refractivity contribution < 1.29 is 35.5 Å². The maximum atomic E-state index is 15.0. The van der Waals surface area contributed by atoms with E-state index < -0.39 is 58.2 Å². The number of fused-ring (bicyclic) bond motifs is 1. The van der Waals surface area contributed by atoms with Crippen LogP contribution in [-0.2, 0) is 12.7 Å². The first-order valence-electron chi connectivity index (χ1n) is 11.7. The number of aromatic nitrogens is 4. The highest BCUT2D eigenvalue weighted by molar-refractivity contribution is 5.87. The van der Waals surface area contributed by atoms with Gasteiger partial charge in [0.2, 0.25) is 0 Å². The van der Waals surface area contributed by atoms with Gasteiger partial charge in [0.05, 0.1) is 29.2 Å². The molecule has 4 aromatic rings. The van der Waals surface area contributed by atoms with Gasteiger partial charge < -0.3 is 14.6 Å². The van der Waals surface area contributed by atoms with Gasteiger partial charge in [0, 0.05) is 24.3 Å². The predicted molar refractivity (Wildman–Crippen MR) is 130 cm³/mol. The largest absolute Gasteiger partial charge is 0.433 e. The number of H-pyrrole nitrogens is 1. The fourth-order valence-corrected chi connectivity index (χ4v) is 4.15. The van der Waals surface area contributed by atoms with Gasteiger partial charge in [0.25, 0.3) is 11.1 Å². The Morgan fingerprint density at radius 3 is 2.50 bits per heavy atom. The lowest BCUT2D eigenvalue weighted by Crippen LogP contribution is -2.27. The molecule has 0 aliphatic rings. The third-order valence-electron chi connectivity index (χ3n) is 5.96. The minimum absolute atomic E-state index is 0.0382. The molecule has 15 heteroatoms. The van der Waals surface area contributed by atoms with Crippen molar-refractivity contribution in [1.29, 1.82) is 0 Å². The Labute approximate surface area is 220 Å². The molecular weight excluding hydrogens is 551 g/mol. The summed E-state index contributed by atoms with van der Waals surface area (Å²) in [4.78, 5) is 28.3. The maximum Gasteiger partial charge on any atom is 0.423 e. The number of ether oxygens (including phenoxy) is 1. The smallest absolute Gasteiger partial charge is 0.423 e. The third-order valence-corrected chi connectivity index (χ3v) is 5.96. The normalized spacial score (nSPS) is 12.6. The number of nitrogens with zero attached hydrogens (tertiary/aromatic N) is 3. The Morgan fingerprint density at radius 1 is 1.10 bits per heavy atom. The molecule has 8 nitrogen and oxygen atoms in total. The molecule has 0 saturated carbocycles. The van der Waals surface area contributed by atoms with E-state index in [9.17, 15) is 35.9 Å². The molecule has 1 aromatic carbocycles. The Balaban J connectivity index is 1.50. The van der Waals surface area contributed by atoms with Gasteiger partial charge in [0.1, 0.15) is 11.3 Å². The van der Waals surface area contributed by atoms with Gasteiger partial charge in [-0.15, -0.1) is 0 Å². The van der Waals surface area contributed by atoms with Crippen LogP contribution < -0.4 is 21.2 Å². The summed E-state index contributed by atoms with van der Waals surface area (Å²) in [6, 6.07) is 4.30. The second-order valence-electron chi connectivity index (χ2n) is 8.76. The van der Waals surface area contributed by atoms with Gasteiger partial charge >= 0.3 is 12.8 Å². The highest BCUT2D eigenvalue weighted by atomic mass is 19.4. The highest BCUT2D eigenvalue weighted by Crippen LogP contribution is 2.32. The number of aryl methyl sites for hydroxylation is 1. The van der Waals surface area contributed by atoms with Crippen LogP contribution in [0.5, 0.6) is 5.75 Å². The van der Waals surface area contributed by atoms with Gasteiger partial charge in [-0.05, 0) is 49.4 Å². The summed E-state index contributed by atoms with van der Waals surface area (Å²) in [6.45, 7) is -1.48. The first-order chi connectivity index (χ1) is 18.9. The summed E-state index contributed by atoms with van der Waals surface area (Å²) >= 11 is 0. The molecule has 212 valence electrons. The number of rotatable bonds is 9. The average molecular weight is 571 g/mol. The molecule has 2 N–H and O–H groups in total. The van der Waals surface area contributed by atoms with Crippen LogP contribution in [0.4, 0.5) is 36.4 Å². The first kappa shape index (κ1) is 28.6. The zero-order valence-corrected chi connectivity index (χ0v) is 20.5. The summed E-state index contributed by atoms with van der Waals surface area (Å²) in [5.74, 6) is -3.05. The summed E-state index contributed by atoms with van der Waals surface area (Å²) in [5, 5.41) is 7.27. The molecule has 0 fully saturated rings. The van der Waals surface area contributed by atoms with Crippen molar-refractivity contribution >= 4 is 16.5 Å². The molecule has 0 saturated heterocycles. The molecule has 0 amide bonds. The molecule has 3 heterocycles. The quantitative estimate of drug-likeness (QED) is 0.264. The Morgan fingerprint density at radius 2 is 1.85 bits per heavy atom. The highest BCUT2D eigenvalue weighted by Gasteiger charge is 2.37. The van der Waals surface area contributed by atoms with E-state index in [4.69, 9.17) is 0 Å². The fourth-order valence-electron chi connectivity index (χ4n) is 4.15. The van der Waals surface area contributed by atoms with Gasteiger partial charge in [0.15, 0.2) is 11.6 Å². The van der Waals surface area contributed by atoms with Crippen LogP contribution in [0.1, 0.15) is 25.3 Å². The summed E-state index contributed by atoms with van der Waals surface area (Å²) in [5.41, 5.74) is -4.49. The van der Waals surface area contributed by atoms with Crippen LogP contribution in [0.3, 0.4) is 0 Å². The number of benzene rings is 1. The van der Waals surface area contributed by atoms with Crippen molar-refractivity contribution in [2.75, 3.05) is 5.32 Å². The number of hydrogen-bond acceptors (Lipinski definition) is 6. The molecule has 40 heavy (non-hydrogen) atoms. The van der Waals surface area contributed by atoms with E-state index in [-0.39, 0.29) is 41.8 Å². The van der Waals surface area contributed by atoms with Crippen LogP contribution in [0.15, 0.2) is 52.4 Å². The molecular formula is C25H20F7N5O3. The maximum absolute atomic E-state index is 15.0. The predicted octanol–water partition coefficient (Wildman–Crippen LogP) is 5.33. The van der Waals surface area contributed by atoms with Crippen LogP contribution in [-0.4, -0.2) is 32.4 Å². The van der Waals surface area contributed by atoms with Crippen molar-refractivity contribution in [1.82, 2.24) is 19.7 Å². The van der Waals surface area contributed by atoms with Crippen molar-refractivity contribution in [3.05, 3.63) is 80.8 Å². The lowest BCUT2D eigenvalue weighted by molar-refractivity contribution is -0.138. The van der Waals surface area contributed by atoms with Crippen LogP contribution in [0.2, 0.25) is 0 Å². The van der Waals surface area contributed by atoms with E-state index in [0.717, 1.165) is 29.1 Å². The van der Waals surface area contributed by atoms with E-state index in [1.165, 1.54) is 18.3 Å². The minimum Gasteiger partial charge on any atom is -0.433 e. The molecule has 1 unspecified atom stereocenters. The average Bonchev–Trinajstić information content (AvgIpc) is 2.87. The number of anilines is 1. The summed E-state index contributed by atoms with van der Waals surface area (Å²) < 4.78 is 99.6. The summed E-state index contributed by atoms with van der Waals surface area (Å²) in [6.07, 6.45) is -1.26. The number of nitrogens with one attached hydrogen (secondary N) is 2. The van der Waals surface area contributed by atoms with Crippen LogP contribution in [0, 0.1) is 11.6 Å². The van der Waals surface area contributed by atoms with E-state index >= 15 is 4.39 Å². The lowest BCUT2D eigenvalue weighted by Gasteiger charge is -2.18. The second-order valence-corrected chi connectivity index (χ2v) is 8.76. The molecule has 1 atom stereocenters. The molecule has 3 aromatic heterocycles. The van der Waals surface area contributed by atoms with E-state index in [2.05, 4.69) is 20.1 Å². The molecule has 0 bridgehead atoms. The number of pyridine rings is 2. The van der Waals surface area contributed by atoms with Crippen molar-refractivity contribution in [2.24, 2.45) is 0 Å². The molecule has 0 spiro atoms. The third kappa shape index (κ3) is 6.07. The topological polar surface area (TPSA) is 102 Å². The van der Waals surface area contributed by atoms with Gasteiger partial charge in [-0.1, -0.05) is 0 Å². The number of halogens is 7. The monoisotopic (exact) mass is 571 g/mol. The van der Waals surface area contributed by atoms with E-state index in [1.807, 2.05) is 0 Å². The molecule has 0 aliphatic heterocycles. The van der Waals surface area contributed by atoms with Crippen molar-refractivity contribution in [2.45, 2.75) is 45.1 Å². The first-order valence-corrected chi connectivity index (χ1v) is 11.7. The van der Waals surface area contributed by atoms with Crippen molar-refractivity contribution in [3.63, 3.8) is 0 Å². The second kappa shape index (κ2) is 11.4. The zero-order valence-electron chi connectivity index (χ0n) is 20.5. The van der Waals surface area contributed by atoms with Gasteiger partial charge in [-0.25, -0.2) is 13.9 Å². The van der Waals surface area contributed by atoms with Crippen molar-refractivity contribution in [3.8, 4) is 17.0 Å². The summed E-state index contributed by atoms with van der Waals surface area (Å²) in [7, 11) is 0. The van der Waals surface area contributed by atoms with E-state index in [0.29, 0.717) is 0 Å². The number of hydrogen-bond donors (Lipinski definition) is 2. The van der Waals surface area contributed by atoms with Gasteiger partial charge in [-0.2, -0.15) is 27.1 Å². The standard InChI is InChI=1S/C25H20F7N5O3/c1-12(35-17-11-34-36-22(38)19(17)25(30,31)32)3-2-7-37-8-6-13-9-15(20(26)21(27)18(13)23(37)39)16-5-4-14(10-33-16)40-24(28)29/h4-6,8-12,24H,2-3,7H2,1H3,(H2,35,36,38). The number of alkyl halides is 5. The molecule has 0 radical (unpaired) electrons. The lowest BCUT2D eigenvalue weighted by atomic mass is 10.0. The Kier molecular flexibility index (Phi) is 8.11. The molecule has 0 aliphatic carbocycles. The molecule has 4 rings (SSSR count). The van der Waals surface area contributed by atoms with Crippen LogP contribution >= 0.6 is 0 Å². The Bertz CT molecular complexity index is 1640. The number of aromatic amines is 1. The zero-order chi connectivity index (χ0) is 29.2. The van der Waals surface area contributed by atoms with Gasteiger partial charge in [-0.3, -0.25) is 14.6 Å².